The summed E-state index contributed by atoms with van der Waals surface area (Å²) in [5.74, 6) is 1.95. The lowest BCUT2D eigenvalue weighted by atomic mass is 9.63. The smallest absolute Gasteiger partial charge is 0.164 e. The quantitative estimate of drug-likeness (QED) is 0.179. The van der Waals surface area contributed by atoms with Crippen LogP contribution in [0.1, 0.15) is 22.3 Å². The maximum absolute atomic E-state index is 5.01. The number of nitrogens with zero attached hydrogens (tertiary/aromatic N) is 4. The molecule has 3 heterocycles. The molecular formula is C56H34N4. The van der Waals surface area contributed by atoms with E-state index >= 15 is 0 Å². The van der Waals surface area contributed by atoms with Crippen LogP contribution in [0.5, 0.6) is 0 Å². The Morgan fingerprint density at radius 1 is 0.317 bits per heavy atom. The number of hydrogen-bond acceptors (Lipinski definition) is 4. The van der Waals surface area contributed by atoms with Crippen molar-refractivity contribution in [2.75, 3.05) is 4.90 Å². The second kappa shape index (κ2) is 12.5. The maximum atomic E-state index is 5.01. The van der Waals surface area contributed by atoms with Crippen molar-refractivity contribution in [1.82, 2.24) is 15.0 Å². The van der Waals surface area contributed by atoms with Gasteiger partial charge in [0, 0.05) is 27.6 Å². The monoisotopic (exact) mass is 762 g/mol. The normalized spacial score (nSPS) is 13.4. The molecule has 3 aliphatic rings. The number of rotatable bonds is 4. The molecule has 0 bridgehead atoms. The third-order valence-electron chi connectivity index (χ3n) is 12.9. The van der Waals surface area contributed by atoms with E-state index in [1.807, 2.05) is 60.7 Å². The van der Waals surface area contributed by atoms with Gasteiger partial charge in [-0.1, -0.05) is 188 Å². The van der Waals surface area contributed by atoms with Crippen LogP contribution >= 0.6 is 0 Å². The number of fused-ring (bicyclic) bond motifs is 12. The Labute approximate surface area is 347 Å². The number of hydrogen-bond donors (Lipinski definition) is 0. The van der Waals surface area contributed by atoms with Gasteiger partial charge in [-0.3, -0.25) is 0 Å². The molecule has 0 N–H and O–H groups in total. The molecule has 60 heavy (non-hydrogen) atoms. The minimum Gasteiger partial charge on any atom is -0.309 e. The van der Waals surface area contributed by atoms with Gasteiger partial charge in [0.05, 0.1) is 22.5 Å². The Kier molecular flexibility index (Phi) is 6.90. The fourth-order valence-corrected chi connectivity index (χ4v) is 10.3. The van der Waals surface area contributed by atoms with Crippen molar-refractivity contribution in [3.63, 3.8) is 0 Å². The summed E-state index contributed by atoms with van der Waals surface area (Å²) in [7, 11) is 0. The summed E-state index contributed by atoms with van der Waals surface area (Å²) in [6.45, 7) is 0. The van der Waals surface area contributed by atoms with Gasteiger partial charge in [-0.25, -0.2) is 15.0 Å². The van der Waals surface area contributed by atoms with Crippen LogP contribution in [0.25, 0.3) is 78.3 Å². The van der Waals surface area contributed by atoms with E-state index in [-0.39, 0.29) is 0 Å². The Balaban J connectivity index is 1.03. The summed E-state index contributed by atoms with van der Waals surface area (Å²) < 4.78 is 0. The van der Waals surface area contributed by atoms with E-state index in [9.17, 15) is 0 Å². The van der Waals surface area contributed by atoms with Crippen molar-refractivity contribution in [1.29, 1.82) is 0 Å². The predicted molar refractivity (Wildman–Crippen MR) is 244 cm³/mol. The molecule has 0 atom stereocenters. The highest BCUT2D eigenvalue weighted by molar-refractivity contribution is 6.17. The molecule has 10 aromatic rings. The Morgan fingerprint density at radius 2 is 0.833 bits per heavy atom. The van der Waals surface area contributed by atoms with Gasteiger partial charge in [-0.2, -0.15) is 0 Å². The number of para-hydroxylation sites is 1. The average molecular weight is 763 g/mol. The lowest BCUT2D eigenvalue weighted by molar-refractivity contribution is 0.754. The minimum absolute atomic E-state index is 0.537. The summed E-state index contributed by atoms with van der Waals surface area (Å²) in [4.78, 5) is 17.5. The van der Waals surface area contributed by atoms with Crippen molar-refractivity contribution in [3.05, 3.63) is 229 Å². The van der Waals surface area contributed by atoms with Gasteiger partial charge in [0.25, 0.3) is 0 Å². The van der Waals surface area contributed by atoms with E-state index < -0.39 is 5.41 Å². The molecule has 1 spiro atoms. The molecule has 2 aliphatic heterocycles. The van der Waals surface area contributed by atoms with Crippen LogP contribution in [0.3, 0.4) is 0 Å². The zero-order valence-electron chi connectivity index (χ0n) is 32.4. The number of aromatic nitrogens is 3. The zero-order chi connectivity index (χ0) is 39.4. The number of benzene rings is 9. The van der Waals surface area contributed by atoms with E-state index in [1.165, 1.54) is 72.3 Å². The first kappa shape index (κ1) is 33.1. The molecule has 278 valence electrons. The van der Waals surface area contributed by atoms with Gasteiger partial charge in [-0.05, 0) is 73.7 Å². The van der Waals surface area contributed by atoms with Crippen LogP contribution in [-0.2, 0) is 5.41 Å². The van der Waals surface area contributed by atoms with Crippen molar-refractivity contribution in [2.24, 2.45) is 0 Å². The Morgan fingerprint density at radius 3 is 1.48 bits per heavy atom. The molecule has 0 saturated heterocycles. The van der Waals surface area contributed by atoms with Gasteiger partial charge >= 0.3 is 0 Å². The van der Waals surface area contributed by atoms with Crippen LogP contribution in [0.4, 0.5) is 17.1 Å². The lowest BCUT2D eigenvalue weighted by Crippen LogP contribution is -2.37. The number of anilines is 3. The Bertz CT molecular complexity index is 3270. The van der Waals surface area contributed by atoms with Gasteiger partial charge in [0.15, 0.2) is 17.5 Å². The molecule has 0 radical (unpaired) electrons. The van der Waals surface area contributed by atoms with E-state index in [2.05, 4.69) is 150 Å². The predicted octanol–water partition coefficient (Wildman–Crippen LogP) is 13.8. The highest BCUT2D eigenvalue weighted by Crippen LogP contribution is 2.66. The zero-order valence-corrected chi connectivity index (χ0v) is 32.4. The largest absolute Gasteiger partial charge is 0.309 e. The Hall–Kier alpha value is -7.95. The third-order valence-corrected chi connectivity index (χ3v) is 12.9. The first-order valence-corrected chi connectivity index (χ1v) is 20.5. The van der Waals surface area contributed by atoms with Gasteiger partial charge < -0.3 is 4.90 Å². The SMILES string of the molecule is c1ccc(-c2nc(-c3ccccc3)nc(-c3ccc(-c4ccc5c(c4)C4(c6ccccc6-c6ccccc64)c4ccc6cccc7c6c4N5c4ccccc4-7)cc3)n2)cc1. The molecule has 1 aromatic heterocycles. The standard InChI is InChI=1S/C56H34N4/c1-3-14-37(15-4-1)53-57-54(38-16-5-2-6-17-38)59-55(58-53)39-28-26-35(27-29-39)40-31-33-50-48(34-40)56(45-23-10-7-19-41(45)42-20-8-11-24-46(42)56)47-32-30-36-18-13-22-44-43-21-9-12-25-49(43)60(50)52(47)51(36)44/h1-34H. The van der Waals surface area contributed by atoms with Crippen LogP contribution in [0.15, 0.2) is 206 Å². The molecule has 13 rings (SSSR count). The average Bonchev–Trinajstić information content (AvgIpc) is 3.62. The summed E-state index contributed by atoms with van der Waals surface area (Å²) in [6.07, 6.45) is 0. The topological polar surface area (TPSA) is 41.9 Å². The van der Waals surface area contributed by atoms with Crippen LogP contribution in [0, 0.1) is 0 Å². The highest BCUT2D eigenvalue weighted by atomic mass is 15.2. The highest BCUT2D eigenvalue weighted by Gasteiger charge is 2.53. The molecule has 9 aromatic carbocycles. The summed E-state index contributed by atoms with van der Waals surface area (Å²) in [5.41, 5.74) is 18.6. The molecule has 4 heteroatoms. The summed E-state index contributed by atoms with van der Waals surface area (Å²) in [6, 6.07) is 74.6. The van der Waals surface area contributed by atoms with E-state index in [0.717, 1.165) is 27.8 Å². The van der Waals surface area contributed by atoms with E-state index in [0.29, 0.717) is 17.5 Å². The molecule has 0 unspecified atom stereocenters. The molecule has 0 amide bonds. The fraction of sp³-hybridized carbons (Fsp3) is 0.0179. The first-order valence-electron chi connectivity index (χ1n) is 20.5. The van der Waals surface area contributed by atoms with Crippen LogP contribution < -0.4 is 4.90 Å². The lowest BCUT2D eigenvalue weighted by Gasteiger charge is -2.47. The second-order valence-corrected chi connectivity index (χ2v) is 15.9. The summed E-state index contributed by atoms with van der Waals surface area (Å²) in [5, 5.41) is 2.56. The summed E-state index contributed by atoms with van der Waals surface area (Å²) >= 11 is 0. The van der Waals surface area contributed by atoms with E-state index in [4.69, 9.17) is 15.0 Å². The molecular weight excluding hydrogens is 729 g/mol. The van der Waals surface area contributed by atoms with E-state index in [1.54, 1.807) is 0 Å². The van der Waals surface area contributed by atoms with Gasteiger partial charge in [0.1, 0.15) is 0 Å². The molecule has 4 nitrogen and oxygen atoms in total. The van der Waals surface area contributed by atoms with Gasteiger partial charge in [-0.15, -0.1) is 0 Å². The van der Waals surface area contributed by atoms with Crippen molar-refractivity contribution >= 4 is 27.8 Å². The molecule has 0 saturated carbocycles. The van der Waals surface area contributed by atoms with Crippen molar-refractivity contribution < 1.29 is 0 Å². The van der Waals surface area contributed by atoms with Gasteiger partial charge in [0.2, 0.25) is 0 Å². The third kappa shape index (κ3) is 4.53. The van der Waals surface area contributed by atoms with Crippen LogP contribution in [-0.4, -0.2) is 15.0 Å². The fourth-order valence-electron chi connectivity index (χ4n) is 10.3. The minimum atomic E-state index is -0.537. The maximum Gasteiger partial charge on any atom is 0.164 e. The van der Waals surface area contributed by atoms with Crippen molar-refractivity contribution in [2.45, 2.75) is 5.41 Å². The van der Waals surface area contributed by atoms with Crippen molar-refractivity contribution in [3.8, 4) is 67.5 Å². The second-order valence-electron chi connectivity index (χ2n) is 15.9. The molecule has 1 aliphatic carbocycles. The van der Waals surface area contributed by atoms with Crippen LogP contribution in [0.2, 0.25) is 0 Å². The first-order chi connectivity index (χ1) is 29.8. The molecule has 0 fully saturated rings.